The van der Waals surface area contributed by atoms with Gasteiger partial charge in [0, 0.05) is 12.2 Å². The van der Waals surface area contributed by atoms with Crippen molar-refractivity contribution in [3.8, 4) is 0 Å². The monoisotopic (exact) mass is 352 g/mol. The number of rotatable bonds is 5. The van der Waals surface area contributed by atoms with Gasteiger partial charge in [0.15, 0.2) is 0 Å². The van der Waals surface area contributed by atoms with E-state index >= 15 is 0 Å². The van der Waals surface area contributed by atoms with Crippen LogP contribution in [0.5, 0.6) is 0 Å². The third-order valence-electron chi connectivity index (χ3n) is 3.13. The van der Waals surface area contributed by atoms with Gasteiger partial charge in [-0.2, -0.15) is 13.2 Å². The van der Waals surface area contributed by atoms with E-state index in [-0.39, 0.29) is 11.6 Å². The van der Waals surface area contributed by atoms with Crippen LogP contribution >= 0.6 is 0 Å². The summed E-state index contributed by atoms with van der Waals surface area (Å²) < 4.78 is 66.6. The standard InChI is InChI=1S/C13H15F3N2O4S/c14-13(15,16)8-17-23(20,21)11-3-1-2-9(6-11)12(19)18-10-4-5-22-7-10/h1-3,6,10,17H,4-5,7-8H2,(H,18,19). The first-order chi connectivity index (χ1) is 10.7. The van der Waals surface area contributed by atoms with Crippen LogP contribution in [0.15, 0.2) is 29.2 Å². The molecule has 0 aromatic heterocycles. The van der Waals surface area contributed by atoms with Crippen molar-refractivity contribution in [2.24, 2.45) is 0 Å². The fraction of sp³-hybridized carbons (Fsp3) is 0.462. The van der Waals surface area contributed by atoms with Gasteiger partial charge in [0.2, 0.25) is 10.0 Å². The number of alkyl halides is 3. The number of amides is 1. The van der Waals surface area contributed by atoms with E-state index in [0.717, 1.165) is 12.1 Å². The molecule has 6 nitrogen and oxygen atoms in total. The second-order valence-corrected chi connectivity index (χ2v) is 6.77. The van der Waals surface area contributed by atoms with E-state index in [1.165, 1.54) is 16.9 Å². The largest absolute Gasteiger partial charge is 0.402 e. The molecule has 1 aromatic rings. The van der Waals surface area contributed by atoms with Gasteiger partial charge in [-0.05, 0) is 24.6 Å². The Morgan fingerprint density at radius 3 is 2.70 bits per heavy atom. The molecule has 23 heavy (non-hydrogen) atoms. The number of hydrogen-bond donors (Lipinski definition) is 2. The lowest BCUT2D eigenvalue weighted by molar-refractivity contribution is -0.121. The lowest BCUT2D eigenvalue weighted by Crippen LogP contribution is -2.35. The maximum absolute atomic E-state index is 12.1. The molecular weight excluding hydrogens is 337 g/mol. The Kier molecular flexibility index (Phi) is 5.27. The Morgan fingerprint density at radius 1 is 1.35 bits per heavy atom. The average molecular weight is 352 g/mol. The van der Waals surface area contributed by atoms with Gasteiger partial charge in [-0.25, -0.2) is 13.1 Å². The first kappa shape index (κ1) is 17.7. The van der Waals surface area contributed by atoms with Crippen molar-refractivity contribution >= 4 is 15.9 Å². The van der Waals surface area contributed by atoms with E-state index in [4.69, 9.17) is 4.74 Å². The summed E-state index contributed by atoms with van der Waals surface area (Å²) in [5.74, 6) is -0.506. The quantitative estimate of drug-likeness (QED) is 0.830. The lowest BCUT2D eigenvalue weighted by Gasteiger charge is -2.12. The van der Waals surface area contributed by atoms with Crippen molar-refractivity contribution in [2.45, 2.75) is 23.5 Å². The SMILES string of the molecule is O=C(NC1CCOC1)c1cccc(S(=O)(=O)NCC(F)(F)F)c1. The van der Waals surface area contributed by atoms with E-state index in [2.05, 4.69) is 5.32 Å². The first-order valence-corrected chi connectivity index (χ1v) is 8.21. The van der Waals surface area contributed by atoms with Gasteiger partial charge in [-0.3, -0.25) is 4.79 Å². The molecule has 0 spiro atoms. The zero-order valence-electron chi connectivity index (χ0n) is 11.9. The molecule has 128 valence electrons. The highest BCUT2D eigenvalue weighted by Crippen LogP contribution is 2.16. The lowest BCUT2D eigenvalue weighted by atomic mass is 10.2. The van der Waals surface area contributed by atoms with Gasteiger partial charge < -0.3 is 10.1 Å². The molecule has 0 aliphatic carbocycles. The van der Waals surface area contributed by atoms with Gasteiger partial charge in [0.1, 0.15) is 6.54 Å². The zero-order chi connectivity index (χ0) is 17.1. The minimum atomic E-state index is -4.66. The van der Waals surface area contributed by atoms with Crippen molar-refractivity contribution in [1.29, 1.82) is 0 Å². The Labute approximate surface area is 131 Å². The Balaban J connectivity index is 2.10. The number of hydrogen-bond acceptors (Lipinski definition) is 4. The summed E-state index contributed by atoms with van der Waals surface area (Å²) in [4.78, 5) is 11.6. The van der Waals surface area contributed by atoms with Crippen LogP contribution < -0.4 is 10.0 Å². The van der Waals surface area contributed by atoms with Gasteiger partial charge in [-0.15, -0.1) is 0 Å². The number of nitrogens with one attached hydrogen (secondary N) is 2. The molecule has 0 bridgehead atoms. The minimum absolute atomic E-state index is 0.0479. The van der Waals surface area contributed by atoms with E-state index in [9.17, 15) is 26.4 Å². The van der Waals surface area contributed by atoms with E-state index in [1.54, 1.807) is 0 Å². The fourth-order valence-electron chi connectivity index (χ4n) is 1.98. The molecule has 10 heteroatoms. The number of carbonyl (C=O) groups excluding carboxylic acids is 1. The predicted molar refractivity (Wildman–Crippen MR) is 74.4 cm³/mol. The molecule has 1 saturated heterocycles. The Morgan fingerprint density at radius 2 is 2.09 bits per heavy atom. The van der Waals surface area contributed by atoms with Gasteiger partial charge in [-0.1, -0.05) is 6.07 Å². The van der Waals surface area contributed by atoms with Crippen LogP contribution in [0.2, 0.25) is 0 Å². The van der Waals surface area contributed by atoms with Gasteiger partial charge in [0.05, 0.1) is 17.5 Å². The van der Waals surface area contributed by atoms with Crippen molar-refractivity contribution in [3.63, 3.8) is 0 Å². The average Bonchev–Trinajstić information content (AvgIpc) is 2.98. The fourth-order valence-corrected chi connectivity index (χ4v) is 3.04. The highest BCUT2D eigenvalue weighted by Gasteiger charge is 2.30. The summed E-state index contributed by atoms with van der Waals surface area (Å²) in [6, 6.07) is 4.67. The molecular formula is C13H15F3N2O4S. The molecule has 1 amide bonds. The number of ether oxygens (including phenoxy) is 1. The van der Waals surface area contributed by atoms with Crippen molar-refractivity contribution in [2.75, 3.05) is 19.8 Å². The molecule has 2 rings (SSSR count). The molecule has 1 unspecified atom stereocenters. The van der Waals surface area contributed by atoms with E-state index < -0.39 is 33.5 Å². The predicted octanol–water partition coefficient (Wildman–Crippen LogP) is 1.05. The molecule has 1 aliphatic rings. The third kappa shape index (κ3) is 5.19. The van der Waals surface area contributed by atoms with Crippen molar-refractivity contribution in [1.82, 2.24) is 10.0 Å². The maximum Gasteiger partial charge on any atom is 0.402 e. The highest BCUT2D eigenvalue weighted by atomic mass is 32.2. The summed E-state index contributed by atoms with van der Waals surface area (Å²) in [5.41, 5.74) is 0.0479. The number of sulfonamides is 1. The molecule has 2 N–H and O–H groups in total. The molecule has 1 aromatic carbocycles. The summed E-state index contributed by atoms with van der Waals surface area (Å²) >= 11 is 0. The normalized spacial score (nSPS) is 18.8. The molecule has 1 aliphatic heterocycles. The van der Waals surface area contributed by atoms with Gasteiger partial charge >= 0.3 is 6.18 Å². The van der Waals surface area contributed by atoms with Crippen LogP contribution in [-0.2, 0) is 14.8 Å². The molecule has 1 atom stereocenters. The van der Waals surface area contributed by atoms with Crippen LogP contribution in [0.1, 0.15) is 16.8 Å². The second kappa shape index (κ2) is 6.85. The second-order valence-electron chi connectivity index (χ2n) is 5.00. The summed E-state index contributed by atoms with van der Waals surface area (Å²) in [6.07, 6.45) is -4.01. The van der Waals surface area contributed by atoms with Crippen LogP contribution in [0, 0.1) is 0 Å². The summed E-state index contributed by atoms with van der Waals surface area (Å²) in [5, 5.41) is 2.67. The summed E-state index contributed by atoms with van der Waals surface area (Å²) in [6.45, 7) is -0.775. The molecule has 0 saturated carbocycles. The summed E-state index contributed by atoms with van der Waals surface area (Å²) in [7, 11) is -4.35. The molecule has 1 heterocycles. The Bertz CT molecular complexity index is 670. The van der Waals surface area contributed by atoms with Crippen molar-refractivity contribution in [3.05, 3.63) is 29.8 Å². The van der Waals surface area contributed by atoms with E-state index in [0.29, 0.717) is 19.6 Å². The van der Waals surface area contributed by atoms with Crippen molar-refractivity contribution < 1.29 is 31.1 Å². The minimum Gasteiger partial charge on any atom is -0.379 e. The van der Waals surface area contributed by atoms with Crippen LogP contribution in [-0.4, -0.2) is 46.3 Å². The smallest absolute Gasteiger partial charge is 0.379 e. The highest BCUT2D eigenvalue weighted by molar-refractivity contribution is 7.89. The maximum atomic E-state index is 12.1. The number of carbonyl (C=O) groups is 1. The number of benzene rings is 1. The topological polar surface area (TPSA) is 84.5 Å². The van der Waals surface area contributed by atoms with E-state index in [1.807, 2.05) is 0 Å². The molecule has 1 fully saturated rings. The molecule has 0 radical (unpaired) electrons. The first-order valence-electron chi connectivity index (χ1n) is 6.72. The Hall–Kier alpha value is -1.65. The van der Waals surface area contributed by atoms with Crippen LogP contribution in [0.3, 0.4) is 0 Å². The zero-order valence-corrected chi connectivity index (χ0v) is 12.7. The van der Waals surface area contributed by atoms with Crippen LogP contribution in [0.4, 0.5) is 13.2 Å². The third-order valence-corrected chi connectivity index (χ3v) is 4.53. The number of halogens is 3. The van der Waals surface area contributed by atoms with Gasteiger partial charge in [0.25, 0.3) is 5.91 Å². The van der Waals surface area contributed by atoms with Crippen LogP contribution in [0.25, 0.3) is 0 Å².